The number of likely N-dealkylation sites (tertiary alicyclic amines) is 2. The minimum Gasteiger partial charge on any atom is -0.480 e. The first-order valence-corrected chi connectivity index (χ1v) is 8.70. The van der Waals surface area contributed by atoms with E-state index in [2.05, 4.69) is 0 Å². The predicted molar refractivity (Wildman–Crippen MR) is 87.5 cm³/mol. The van der Waals surface area contributed by atoms with Gasteiger partial charge in [-0.25, -0.2) is 9.59 Å². The third kappa shape index (κ3) is 4.61. The van der Waals surface area contributed by atoms with E-state index in [1.54, 1.807) is 4.90 Å². The number of hydrogen-bond acceptors (Lipinski definition) is 4. The molecule has 0 aromatic carbocycles. The second kappa shape index (κ2) is 7.40. The molecule has 2 amide bonds. The maximum Gasteiger partial charge on any atom is 0.410 e. The van der Waals surface area contributed by atoms with E-state index in [9.17, 15) is 19.5 Å². The molecule has 24 heavy (non-hydrogen) atoms. The Morgan fingerprint density at radius 2 is 1.75 bits per heavy atom. The molecule has 0 aromatic heterocycles. The molecular formula is C17H28N2O5. The zero-order valence-corrected chi connectivity index (χ0v) is 14.8. The van der Waals surface area contributed by atoms with Crippen molar-refractivity contribution in [2.75, 3.05) is 19.6 Å². The zero-order valence-electron chi connectivity index (χ0n) is 14.8. The number of carbonyl (C=O) groups excluding carboxylic acids is 2. The molecule has 2 atom stereocenters. The number of aliphatic carboxylic acids is 1. The third-order valence-corrected chi connectivity index (χ3v) is 4.49. The van der Waals surface area contributed by atoms with Gasteiger partial charge in [0.25, 0.3) is 0 Å². The van der Waals surface area contributed by atoms with Crippen LogP contribution in [0.2, 0.25) is 0 Å². The second-order valence-electron chi connectivity index (χ2n) is 7.65. The molecule has 2 aliphatic heterocycles. The molecule has 0 aliphatic carbocycles. The van der Waals surface area contributed by atoms with Gasteiger partial charge in [-0.2, -0.15) is 0 Å². The van der Waals surface area contributed by atoms with Crippen LogP contribution in [-0.4, -0.2) is 64.2 Å². The maximum atomic E-state index is 12.8. The summed E-state index contributed by atoms with van der Waals surface area (Å²) in [6, 6.07) is -0.733. The van der Waals surface area contributed by atoms with E-state index in [1.165, 1.54) is 4.90 Å². The van der Waals surface area contributed by atoms with E-state index in [-0.39, 0.29) is 11.8 Å². The van der Waals surface area contributed by atoms with Crippen LogP contribution in [0.15, 0.2) is 0 Å². The SMILES string of the molecule is CC(C)(C)OC(=O)N1CCCC(C(=O)N2CCCCC2C(=O)O)C1. The Balaban J connectivity index is 2.01. The van der Waals surface area contributed by atoms with Crippen molar-refractivity contribution in [3.8, 4) is 0 Å². The van der Waals surface area contributed by atoms with Crippen LogP contribution in [0.5, 0.6) is 0 Å². The van der Waals surface area contributed by atoms with Gasteiger partial charge in [-0.1, -0.05) is 0 Å². The standard InChI is InChI=1S/C17H28N2O5/c1-17(2,3)24-16(23)18-9-6-7-12(11-18)14(20)19-10-5-4-8-13(19)15(21)22/h12-13H,4-11H2,1-3H3,(H,21,22). The summed E-state index contributed by atoms with van der Waals surface area (Å²) in [4.78, 5) is 39.5. The van der Waals surface area contributed by atoms with Crippen molar-refractivity contribution >= 4 is 18.0 Å². The number of carbonyl (C=O) groups is 3. The fraction of sp³-hybridized carbons (Fsp3) is 0.824. The fourth-order valence-corrected chi connectivity index (χ4v) is 3.36. The molecule has 7 nitrogen and oxygen atoms in total. The van der Waals surface area contributed by atoms with Crippen LogP contribution in [0.1, 0.15) is 52.9 Å². The highest BCUT2D eigenvalue weighted by Gasteiger charge is 2.38. The van der Waals surface area contributed by atoms with Crippen molar-refractivity contribution in [1.82, 2.24) is 9.80 Å². The molecule has 0 saturated carbocycles. The monoisotopic (exact) mass is 340 g/mol. The van der Waals surface area contributed by atoms with Crippen LogP contribution < -0.4 is 0 Å². The largest absolute Gasteiger partial charge is 0.480 e. The summed E-state index contributed by atoms with van der Waals surface area (Å²) in [5.41, 5.74) is -0.574. The van der Waals surface area contributed by atoms with Crippen LogP contribution >= 0.6 is 0 Å². The van der Waals surface area contributed by atoms with E-state index in [4.69, 9.17) is 4.74 Å². The highest BCUT2D eigenvalue weighted by atomic mass is 16.6. The topological polar surface area (TPSA) is 87.2 Å². The van der Waals surface area contributed by atoms with Gasteiger partial charge >= 0.3 is 12.1 Å². The number of rotatable bonds is 2. The summed E-state index contributed by atoms with van der Waals surface area (Å²) >= 11 is 0. The second-order valence-corrected chi connectivity index (χ2v) is 7.65. The molecule has 2 rings (SSSR count). The van der Waals surface area contributed by atoms with Crippen LogP contribution in [0.4, 0.5) is 4.79 Å². The van der Waals surface area contributed by atoms with E-state index in [0.29, 0.717) is 32.5 Å². The summed E-state index contributed by atoms with van der Waals surface area (Å²) in [5.74, 6) is -1.43. The zero-order chi connectivity index (χ0) is 17.9. The highest BCUT2D eigenvalue weighted by Crippen LogP contribution is 2.25. The lowest BCUT2D eigenvalue weighted by atomic mass is 9.93. The lowest BCUT2D eigenvalue weighted by Crippen LogP contribution is -2.53. The molecule has 0 bridgehead atoms. The van der Waals surface area contributed by atoms with E-state index in [0.717, 1.165) is 19.3 Å². The van der Waals surface area contributed by atoms with Gasteiger partial charge in [0.05, 0.1) is 5.92 Å². The summed E-state index contributed by atoms with van der Waals surface area (Å²) in [6.07, 6.45) is 3.16. The van der Waals surface area contributed by atoms with Gasteiger partial charge in [0, 0.05) is 19.6 Å². The smallest absolute Gasteiger partial charge is 0.410 e. The van der Waals surface area contributed by atoms with Crippen molar-refractivity contribution in [3.63, 3.8) is 0 Å². The minimum atomic E-state index is -0.942. The normalized spacial score (nSPS) is 25.3. The van der Waals surface area contributed by atoms with Crippen molar-refractivity contribution in [1.29, 1.82) is 0 Å². The van der Waals surface area contributed by atoms with Gasteiger partial charge in [-0.05, 0) is 52.9 Å². The van der Waals surface area contributed by atoms with Crippen molar-refractivity contribution in [2.45, 2.75) is 64.5 Å². The Bertz CT molecular complexity index is 500. The molecule has 2 fully saturated rings. The molecule has 136 valence electrons. The molecular weight excluding hydrogens is 312 g/mol. The lowest BCUT2D eigenvalue weighted by molar-refractivity contribution is -0.154. The summed E-state index contributed by atoms with van der Waals surface area (Å²) in [7, 11) is 0. The van der Waals surface area contributed by atoms with Crippen LogP contribution in [0, 0.1) is 5.92 Å². The van der Waals surface area contributed by atoms with E-state index >= 15 is 0 Å². The average molecular weight is 340 g/mol. The summed E-state index contributed by atoms with van der Waals surface area (Å²) < 4.78 is 5.38. The van der Waals surface area contributed by atoms with E-state index < -0.39 is 23.7 Å². The van der Waals surface area contributed by atoms with Crippen LogP contribution in [0.3, 0.4) is 0 Å². The first-order valence-electron chi connectivity index (χ1n) is 8.70. The maximum absolute atomic E-state index is 12.8. The van der Waals surface area contributed by atoms with Crippen LogP contribution in [0.25, 0.3) is 0 Å². The molecule has 2 unspecified atom stereocenters. The number of carboxylic acid groups (broad SMARTS) is 1. The molecule has 0 radical (unpaired) electrons. The quantitative estimate of drug-likeness (QED) is 0.832. The van der Waals surface area contributed by atoms with Crippen molar-refractivity contribution in [3.05, 3.63) is 0 Å². The number of carboxylic acids is 1. The van der Waals surface area contributed by atoms with Gasteiger partial charge in [0.2, 0.25) is 5.91 Å². The number of piperidine rings is 2. The number of nitrogens with zero attached hydrogens (tertiary/aromatic N) is 2. The van der Waals surface area contributed by atoms with Gasteiger partial charge in [0.1, 0.15) is 11.6 Å². The van der Waals surface area contributed by atoms with E-state index in [1.807, 2.05) is 20.8 Å². The Kier molecular flexibility index (Phi) is 5.72. The molecule has 2 heterocycles. The Labute approximate surface area is 142 Å². The summed E-state index contributed by atoms with van der Waals surface area (Å²) in [5, 5.41) is 9.35. The highest BCUT2D eigenvalue weighted by molar-refractivity contribution is 5.86. The first kappa shape index (κ1) is 18.5. The van der Waals surface area contributed by atoms with Gasteiger partial charge in [-0.3, -0.25) is 4.79 Å². The lowest BCUT2D eigenvalue weighted by Gasteiger charge is -2.39. The van der Waals surface area contributed by atoms with Gasteiger partial charge in [0.15, 0.2) is 0 Å². The minimum absolute atomic E-state index is 0.143. The Morgan fingerprint density at radius 1 is 1.04 bits per heavy atom. The first-order chi connectivity index (χ1) is 11.2. The molecule has 0 spiro atoms. The van der Waals surface area contributed by atoms with Gasteiger partial charge in [-0.15, -0.1) is 0 Å². The molecule has 2 aliphatic rings. The van der Waals surface area contributed by atoms with Gasteiger partial charge < -0.3 is 19.6 Å². The molecule has 2 saturated heterocycles. The number of amides is 2. The van der Waals surface area contributed by atoms with Crippen molar-refractivity contribution in [2.24, 2.45) is 5.92 Å². The Morgan fingerprint density at radius 3 is 2.38 bits per heavy atom. The third-order valence-electron chi connectivity index (χ3n) is 4.49. The fourth-order valence-electron chi connectivity index (χ4n) is 3.36. The van der Waals surface area contributed by atoms with Crippen molar-refractivity contribution < 1.29 is 24.2 Å². The molecule has 0 aromatic rings. The predicted octanol–water partition coefficient (Wildman–Crippen LogP) is 2.10. The number of ether oxygens (including phenoxy) is 1. The number of hydrogen-bond donors (Lipinski definition) is 1. The molecule has 1 N–H and O–H groups in total. The summed E-state index contributed by atoms with van der Waals surface area (Å²) in [6.45, 7) is 6.78. The van der Waals surface area contributed by atoms with Crippen LogP contribution in [-0.2, 0) is 14.3 Å². The average Bonchev–Trinajstić information content (AvgIpc) is 2.52. The Hall–Kier alpha value is -1.79. The molecule has 7 heteroatoms.